The SMILES string of the molecule is C(=C\Cc1ccc2c(c1)OCO2)/CCCCOC1CCCCO1. The fraction of sp³-hybridized carbons (Fsp3) is 0.579. The van der Waals surface area contributed by atoms with Crippen LogP contribution in [0.4, 0.5) is 0 Å². The van der Waals surface area contributed by atoms with Gasteiger partial charge in [0.1, 0.15) is 0 Å². The van der Waals surface area contributed by atoms with Crippen LogP contribution in [0.1, 0.15) is 44.1 Å². The molecule has 1 saturated heterocycles. The summed E-state index contributed by atoms with van der Waals surface area (Å²) in [6.45, 7) is 2.00. The van der Waals surface area contributed by atoms with E-state index in [1.807, 2.05) is 6.07 Å². The smallest absolute Gasteiger partial charge is 0.231 e. The largest absolute Gasteiger partial charge is 0.454 e. The molecular weight excluding hydrogens is 292 g/mol. The predicted molar refractivity (Wildman–Crippen MR) is 88.8 cm³/mol. The van der Waals surface area contributed by atoms with E-state index in [2.05, 4.69) is 24.3 Å². The molecule has 1 unspecified atom stereocenters. The van der Waals surface area contributed by atoms with E-state index in [0.717, 1.165) is 56.8 Å². The summed E-state index contributed by atoms with van der Waals surface area (Å²) in [4.78, 5) is 0. The van der Waals surface area contributed by atoms with Crippen molar-refractivity contribution in [2.24, 2.45) is 0 Å². The highest BCUT2D eigenvalue weighted by Gasteiger charge is 2.13. The molecule has 126 valence electrons. The Kier molecular flexibility index (Phi) is 6.35. The second-order valence-corrected chi connectivity index (χ2v) is 6.03. The van der Waals surface area contributed by atoms with Crippen LogP contribution in [-0.2, 0) is 15.9 Å². The van der Waals surface area contributed by atoms with E-state index in [1.54, 1.807) is 0 Å². The first kappa shape index (κ1) is 16.3. The molecule has 0 aliphatic carbocycles. The van der Waals surface area contributed by atoms with Gasteiger partial charge in [0.25, 0.3) is 0 Å². The first-order valence-electron chi connectivity index (χ1n) is 8.68. The molecule has 0 aromatic heterocycles. The van der Waals surface area contributed by atoms with E-state index in [-0.39, 0.29) is 6.29 Å². The van der Waals surface area contributed by atoms with E-state index in [4.69, 9.17) is 18.9 Å². The number of unbranched alkanes of at least 4 members (excludes halogenated alkanes) is 2. The molecule has 1 aromatic rings. The number of benzene rings is 1. The van der Waals surface area contributed by atoms with E-state index >= 15 is 0 Å². The van der Waals surface area contributed by atoms with Gasteiger partial charge in [0.15, 0.2) is 17.8 Å². The molecule has 2 aliphatic rings. The molecule has 3 rings (SSSR count). The van der Waals surface area contributed by atoms with E-state index in [0.29, 0.717) is 6.79 Å². The lowest BCUT2D eigenvalue weighted by Crippen LogP contribution is -2.22. The van der Waals surface area contributed by atoms with E-state index < -0.39 is 0 Å². The molecule has 23 heavy (non-hydrogen) atoms. The third-order valence-electron chi connectivity index (χ3n) is 4.16. The lowest BCUT2D eigenvalue weighted by atomic mass is 10.1. The second kappa shape index (κ2) is 8.94. The van der Waals surface area contributed by atoms with Crippen molar-refractivity contribution in [1.82, 2.24) is 0 Å². The van der Waals surface area contributed by atoms with Crippen LogP contribution >= 0.6 is 0 Å². The Bertz CT molecular complexity index is 506. The quantitative estimate of drug-likeness (QED) is 0.531. The molecule has 1 atom stereocenters. The average molecular weight is 318 g/mol. The van der Waals surface area contributed by atoms with Gasteiger partial charge in [-0.2, -0.15) is 0 Å². The molecule has 0 spiro atoms. The van der Waals surface area contributed by atoms with Gasteiger partial charge in [0, 0.05) is 13.2 Å². The summed E-state index contributed by atoms with van der Waals surface area (Å²) in [6.07, 6.45) is 12.3. The molecule has 1 aromatic carbocycles. The summed E-state index contributed by atoms with van der Waals surface area (Å²) in [5, 5.41) is 0. The lowest BCUT2D eigenvalue weighted by molar-refractivity contribution is -0.162. The van der Waals surface area contributed by atoms with Gasteiger partial charge < -0.3 is 18.9 Å². The number of rotatable bonds is 8. The molecular formula is C19H26O4. The van der Waals surface area contributed by atoms with Crippen LogP contribution in [0, 0.1) is 0 Å². The van der Waals surface area contributed by atoms with Crippen molar-refractivity contribution in [3.05, 3.63) is 35.9 Å². The third-order valence-corrected chi connectivity index (χ3v) is 4.16. The highest BCUT2D eigenvalue weighted by molar-refractivity contribution is 5.44. The number of hydrogen-bond acceptors (Lipinski definition) is 4. The number of ether oxygens (including phenoxy) is 4. The second-order valence-electron chi connectivity index (χ2n) is 6.03. The zero-order valence-electron chi connectivity index (χ0n) is 13.7. The van der Waals surface area contributed by atoms with E-state index in [1.165, 1.54) is 18.4 Å². The monoisotopic (exact) mass is 318 g/mol. The maximum Gasteiger partial charge on any atom is 0.231 e. The number of hydrogen-bond donors (Lipinski definition) is 0. The van der Waals surface area contributed by atoms with Gasteiger partial charge in [0.2, 0.25) is 6.79 Å². The Morgan fingerprint density at radius 1 is 1.09 bits per heavy atom. The summed E-state index contributed by atoms with van der Waals surface area (Å²) in [5.41, 5.74) is 1.25. The molecule has 4 heteroatoms. The summed E-state index contributed by atoms with van der Waals surface area (Å²) in [7, 11) is 0. The molecule has 2 aliphatic heterocycles. The van der Waals surface area contributed by atoms with Crippen LogP contribution in [-0.4, -0.2) is 26.3 Å². The van der Waals surface area contributed by atoms with Gasteiger partial charge in [0.05, 0.1) is 0 Å². The summed E-state index contributed by atoms with van der Waals surface area (Å²) in [5.74, 6) is 1.71. The number of fused-ring (bicyclic) bond motifs is 1. The molecule has 0 radical (unpaired) electrons. The fourth-order valence-corrected chi connectivity index (χ4v) is 2.83. The molecule has 1 fully saturated rings. The first-order valence-corrected chi connectivity index (χ1v) is 8.68. The van der Waals surface area contributed by atoms with Gasteiger partial charge in [-0.25, -0.2) is 0 Å². The third kappa shape index (κ3) is 5.26. The van der Waals surface area contributed by atoms with Crippen molar-refractivity contribution in [2.45, 2.75) is 51.2 Å². The molecule has 0 N–H and O–H groups in total. The van der Waals surface area contributed by atoms with Gasteiger partial charge in [-0.05, 0) is 62.6 Å². The standard InChI is InChI=1S/C19H26O4/c1(3-6-12-20-19-9-5-7-13-21-19)2-4-8-16-10-11-17-18(14-16)23-15-22-17/h2,4,10-11,14,19H,1,3,5-9,12-13,15H2/b4-2+. The van der Waals surface area contributed by atoms with Crippen molar-refractivity contribution in [3.63, 3.8) is 0 Å². The molecule has 4 nitrogen and oxygen atoms in total. The summed E-state index contributed by atoms with van der Waals surface area (Å²) < 4.78 is 22.0. The Hall–Kier alpha value is -1.52. The fourth-order valence-electron chi connectivity index (χ4n) is 2.83. The minimum Gasteiger partial charge on any atom is -0.454 e. The van der Waals surface area contributed by atoms with Crippen molar-refractivity contribution >= 4 is 0 Å². The molecule has 0 bridgehead atoms. The minimum atomic E-state index is 0.0466. The normalized spacial score (nSPS) is 20.3. The topological polar surface area (TPSA) is 36.9 Å². The Balaban J connectivity index is 1.25. The minimum absolute atomic E-state index is 0.0466. The van der Waals surface area contributed by atoms with Crippen LogP contribution in [0.15, 0.2) is 30.4 Å². The number of allylic oxidation sites excluding steroid dienone is 2. The van der Waals surface area contributed by atoms with Crippen molar-refractivity contribution < 1.29 is 18.9 Å². The van der Waals surface area contributed by atoms with Crippen LogP contribution in [0.2, 0.25) is 0 Å². The Morgan fingerprint density at radius 2 is 2.04 bits per heavy atom. The summed E-state index contributed by atoms with van der Waals surface area (Å²) in [6, 6.07) is 6.14. The van der Waals surface area contributed by atoms with Crippen LogP contribution in [0.3, 0.4) is 0 Å². The average Bonchev–Trinajstić information content (AvgIpc) is 3.06. The van der Waals surface area contributed by atoms with Gasteiger partial charge >= 0.3 is 0 Å². The highest BCUT2D eigenvalue weighted by Crippen LogP contribution is 2.32. The van der Waals surface area contributed by atoms with Gasteiger partial charge in [-0.15, -0.1) is 0 Å². The van der Waals surface area contributed by atoms with Gasteiger partial charge in [-0.3, -0.25) is 0 Å². The first-order chi connectivity index (χ1) is 11.4. The maximum absolute atomic E-state index is 5.73. The zero-order valence-corrected chi connectivity index (χ0v) is 13.7. The highest BCUT2D eigenvalue weighted by atomic mass is 16.7. The molecule has 0 amide bonds. The van der Waals surface area contributed by atoms with Gasteiger partial charge in [-0.1, -0.05) is 18.2 Å². The Morgan fingerprint density at radius 3 is 2.96 bits per heavy atom. The van der Waals surface area contributed by atoms with E-state index in [9.17, 15) is 0 Å². The zero-order chi connectivity index (χ0) is 15.7. The maximum atomic E-state index is 5.73. The van der Waals surface area contributed by atoms with Crippen molar-refractivity contribution in [3.8, 4) is 11.5 Å². The van der Waals surface area contributed by atoms with Crippen LogP contribution in [0.25, 0.3) is 0 Å². The lowest BCUT2D eigenvalue weighted by Gasteiger charge is -2.22. The van der Waals surface area contributed by atoms with Crippen LogP contribution < -0.4 is 9.47 Å². The van der Waals surface area contributed by atoms with Crippen molar-refractivity contribution in [2.75, 3.05) is 20.0 Å². The van der Waals surface area contributed by atoms with Crippen molar-refractivity contribution in [1.29, 1.82) is 0 Å². The summed E-state index contributed by atoms with van der Waals surface area (Å²) >= 11 is 0. The molecule has 2 heterocycles. The predicted octanol–water partition coefficient (Wildman–Crippen LogP) is 4.23. The Labute approximate surface area is 138 Å². The van der Waals surface area contributed by atoms with Crippen LogP contribution in [0.5, 0.6) is 11.5 Å². The molecule has 0 saturated carbocycles.